The molecule has 6 nitrogen and oxygen atoms in total. The predicted molar refractivity (Wildman–Crippen MR) is 100 cm³/mol. The van der Waals surface area contributed by atoms with Crippen molar-refractivity contribution in [3.05, 3.63) is 58.6 Å². The van der Waals surface area contributed by atoms with E-state index in [1.54, 1.807) is 22.5 Å². The van der Waals surface area contributed by atoms with Crippen molar-refractivity contribution in [3.8, 4) is 11.4 Å². The molecule has 4 rings (SSSR count). The van der Waals surface area contributed by atoms with Gasteiger partial charge in [0.05, 0.1) is 27.6 Å². The van der Waals surface area contributed by atoms with Gasteiger partial charge in [-0.15, -0.1) is 11.8 Å². The maximum Gasteiger partial charge on any atom is 0.354 e. The molecule has 2 aromatic carbocycles. The molecule has 1 aromatic heterocycles. The van der Waals surface area contributed by atoms with Crippen molar-refractivity contribution >= 4 is 46.1 Å². The lowest BCUT2D eigenvalue weighted by Crippen LogP contribution is -2.29. The minimum Gasteiger partial charge on any atom is -0.477 e. The van der Waals surface area contributed by atoms with Gasteiger partial charge in [-0.3, -0.25) is 10.4 Å². The number of rotatable bonds is 4. The Labute approximate surface area is 152 Å². The van der Waals surface area contributed by atoms with Crippen molar-refractivity contribution in [1.29, 1.82) is 0 Å². The van der Waals surface area contributed by atoms with E-state index in [0.717, 1.165) is 22.3 Å². The van der Waals surface area contributed by atoms with Crippen molar-refractivity contribution in [2.45, 2.75) is 0 Å². The van der Waals surface area contributed by atoms with Crippen molar-refractivity contribution in [1.82, 2.24) is 15.0 Å². The van der Waals surface area contributed by atoms with E-state index in [2.05, 4.69) is 15.4 Å². The van der Waals surface area contributed by atoms with Gasteiger partial charge in [0.25, 0.3) is 0 Å². The lowest BCUT2D eigenvalue weighted by atomic mass is 10.2. The third-order valence-electron chi connectivity index (χ3n) is 3.78. The van der Waals surface area contributed by atoms with Crippen LogP contribution in [0, 0.1) is 0 Å². The molecular formula is C17H13ClN4O2S. The summed E-state index contributed by atoms with van der Waals surface area (Å²) in [5.41, 5.74) is 6.59. The maximum absolute atomic E-state index is 11.2. The van der Waals surface area contributed by atoms with Gasteiger partial charge >= 0.3 is 5.97 Å². The summed E-state index contributed by atoms with van der Waals surface area (Å²) in [6.45, 7) is 0. The maximum atomic E-state index is 11.2. The molecule has 0 aliphatic carbocycles. The van der Waals surface area contributed by atoms with Crippen LogP contribution in [-0.4, -0.2) is 31.9 Å². The number of para-hydroxylation sites is 2. The predicted octanol–water partition coefficient (Wildman–Crippen LogP) is 4.14. The second-order valence-corrected chi connectivity index (χ2v) is 6.68. The van der Waals surface area contributed by atoms with Crippen LogP contribution in [0.4, 0.5) is 5.69 Å². The molecule has 8 heteroatoms. The van der Waals surface area contributed by atoms with Crippen molar-refractivity contribution in [2.24, 2.45) is 0 Å². The van der Waals surface area contributed by atoms with E-state index >= 15 is 0 Å². The van der Waals surface area contributed by atoms with E-state index in [9.17, 15) is 9.90 Å². The van der Waals surface area contributed by atoms with Crippen molar-refractivity contribution < 1.29 is 9.90 Å². The number of anilines is 1. The Morgan fingerprint density at radius 2 is 2.16 bits per heavy atom. The second kappa shape index (κ2) is 6.34. The van der Waals surface area contributed by atoms with Gasteiger partial charge in [-0.25, -0.2) is 9.78 Å². The topological polar surface area (TPSA) is 81.2 Å². The van der Waals surface area contributed by atoms with Gasteiger partial charge in [0.15, 0.2) is 0 Å². The van der Waals surface area contributed by atoms with Gasteiger partial charge in [-0.2, -0.15) is 0 Å². The molecular weight excluding hydrogens is 360 g/mol. The Balaban J connectivity index is 1.67. The minimum absolute atomic E-state index is 0.213. The van der Waals surface area contributed by atoms with Crippen molar-refractivity contribution in [3.63, 3.8) is 0 Å². The SMILES string of the molecule is O=C(O)C1=CSCN1Nc1ccc(Cl)c(-c2nc3ccccc3[nH]2)c1. The third kappa shape index (κ3) is 3.04. The first-order chi connectivity index (χ1) is 12.1. The minimum atomic E-state index is -0.969. The van der Waals surface area contributed by atoms with E-state index in [0.29, 0.717) is 16.7 Å². The number of hydrogen-bond acceptors (Lipinski definition) is 5. The van der Waals surface area contributed by atoms with E-state index in [1.807, 2.05) is 30.3 Å². The quantitative estimate of drug-likeness (QED) is 0.638. The highest BCUT2D eigenvalue weighted by atomic mass is 35.5. The van der Waals surface area contributed by atoms with Crippen LogP contribution in [0.1, 0.15) is 0 Å². The fourth-order valence-corrected chi connectivity index (χ4v) is 3.61. The number of carboxylic acid groups (broad SMARTS) is 1. The highest BCUT2D eigenvalue weighted by Crippen LogP contribution is 2.31. The summed E-state index contributed by atoms with van der Waals surface area (Å²) in [4.78, 5) is 19.1. The standard InChI is InChI=1S/C17H13ClN4O2S/c18-12-6-5-10(21-22-9-25-8-15(22)17(23)24)7-11(12)16-19-13-3-1-2-4-14(13)20-16/h1-8,21H,9H2,(H,19,20)(H,23,24). The molecule has 0 radical (unpaired) electrons. The summed E-state index contributed by atoms with van der Waals surface area (Å²) in [5.74, 6) is 0.216. The molecule has 3 N–H and O–H groups in total. The summed E-state index contributed by atoms with van der Waals surface area (Å²) in [7, 11) is 0. The first kappa shape index (κ1) is 15.9. The first-order valence-corrected chi connectivity index (χ1v) is 8.88. The molecule has 1 aliphatic rings. The summed E-state index contributed by atoms with van der Waals surface area (Å²) in [6, 6.07) is 13.2. The molecule has 0 bridgehead atoms. The van der Waals surface area contributed by atoms with E-state index in [1.165, 1.54) is 11.8 Å². The normalized spacial score (nSPS) is 14.0. The number of hydrazine groups is 1. The first-order valence-electron chi connectivity index (χ1n) is 7.46. The number of fused-ring (bicyclic) bond motifs is 1. The number of carbonyl (C=O) groups is 1. The molecule has 0 saturated heterocycles. The smallest absolute Gasteiger partial charge is 0.354 e. The third-order valence-corrected chi connectivity index (χ3v) is 4.91. The number of carboxylic acids is 1. The zero-order valence-electron chi connectivity index (χ0n) is 12.9. The van der Waals surface area contributed by atoms with Crippen LogP contribution in [0.5, 0.6) is 0 Å². The fourth-order valence-electron chi connectivity index (χ4n) is 2.59. The van der Waals surface area contributed by atoms with Gasteiger partial charge in [0, 0.05) is 11.0 Å². The lowest BCUT2D eigenvalue weighted by Gasteiger charge is -2.21. The Bertz CT molecular complexity index is 968. The molecule has 0 unspecified atom stereocenters. The average molecular weight is 373 g/mol. The Hall–Kier alpha value is -2.64. The number of aromatic amines is 1. The van der Waals surface area contributed by atoms with Gasteiger partial charge in [-0.05, 0) is 30.3 Å². The average Bonchev–Trinajstić information content (AvgIpc) is 3.23. The van der Waals surface area contributed by atoms with E-state index in [-0.39, 0.29) is 5.70 Å². The Morgan fingerprint density at radius 1 is 1.32 bits per heavy atom. The van der Waals surface area contributed by atoms with Crippen LogP contribution in [0.2, 0.25) is 5.02 Å². The molecule has 126 valence electrons. The summed E-state index contributed by atoms with van der Waals surface area (Å²) < 4.78 is 0. The number of aromatic nitrogens is 2. The Kier molecular flexibility index (Phi) is 4.03. The fraction of sp³-hybridized carbons (Fsp3) is 0.0588. The zero-order valence-corrected chi connectivity index (χ0v) is 14.4. The number of thioether (sulfide) groups is 1. The molecule has 0 saturated carbocycles. The van der Waals surface area contributed by atoms with Crippen LogP contribution in [0.15, 0.2) is 53.6 Å². The van der Waals surface area contributed by atoms with E-state index in [4.69, 9.17) is 11.6 Å². The van der Waals surface area contributed by atoms with E-state index < -0.39 is 5.97 Å². The van der Waals surface area contributed by atoms with Crippen LogP contribution in [0.25, 0.3) is 22.4 Å². The largest absolute Gasteiger partial charge is 0.477 e. The van der Waals surface area contributed by atoms with Crippen LogP contribution in [0.3, 0.4) is 0 Å². The molecule has 0 amide bonds. The van der Waals surface area contributed by atoms with Gasteiger partial charge in [0.2, 0.25) is 0 Å². The zero-order chi connectivity index (χ0) is 17.4. The monoisotopic (exact) mass is 372 g/mol. The van der Waals surface area contributed by atoms with Gasteiger partial charge in [-0.1, -0.05) is 23.7 Å². The number of halogens is 1. The Morgan fingerprint density at radius 3 is 2.96 bits per heavy atom. The second-order valence-electron chi connectivity index (χ2n) is 5.44. The number of benzene rings is 2. The van der Waals surface area contributed by atoms with Crippen LogP contribution >= 0.6 is 23.4 Å². The molecule has 1 aliphatic heterocycles. The van der Waals surface area contributed by atoms with Crippen LogP contribution < -0.4 is 5.43 Å². The molecule has 2 heterocycles. The molecule has 25 heavy (non-hydrogen) atoms. The summed E-state index contributed by atoms with van der Waals surface area (Å²) >= 11 is 7.76. The molecule has 0 atom stereocenters. The van der Waals surface area contributed by atoms with Gasteiger partial charge < -0.3 is 10.1 Å². The highest BCUT2D eigenvalue weighted by molar-refractivity contribution is 8.02. The summed E-state index contributed by atoms with van der Waals surface area (Å²) in [6.07, 6.45) is 0. The lowest BCUT2D eigenvalue weighted by molar-refractivity contribution is -0.134. The molecule has 0 spiro atoms. The van der Waals surface area contributed by atoms with Gasteiger partial charge in [0.1, 0.15) is 11.5 Å². The molecule has 3 aromatic rings. The number of hydrogen-bond donors (Lipinski definition) is 3. The number of H-pyrrole nitrogens is 1. The number of nitrogens with one attached hydrogen (secondary N) is 2. The van der Waals surface area contributed by atoms with Crippen LogP contribution in [-0.2, 0) is 4.79 Å². The highest BCUT2D eigenvalue weighted by Gasteiger charge is 2.22. The summed E-state index contributed by atoms with van der Waals surface area (Å²) in [5, 5.41) is 13.0. The number of imidazole rings is 1. The number of nitrogens with zero attached hydrogens (tertiary/aromatic N) is 2. The number of aliphatic carboxylic acids is 1. The molecule has 0 fully saturated rings. The van der Waals surface area contributed by atoms with Crippen molar-refractivity contribution in [2.75, 3.05) is 11.3 Å².